The fraction of sp³-hybridized carbons (Fsp3) is 0.636. The van der Waals surface area contributed by atoms with Gasteiger partial charge in [0.25, 0.3) is 0 Å². The molecule has 0 unspecified atom stereocenters. The van der Waals surface area contributed by atoms with Crippen molar-refractivity contribution in [3.8, 4) is 0 Å². The van der Waals surface area contributed by atoms with Crippen molar-refractivity contribution in [3.05, 3.63) is 22.6 Å². The van der Waals surface area contributed by atoms with E-state index in [1.165, 1.54) is 12.8 Å². The van der Waals surface area contributed by atoms with E-state index in [0.717, 1.165) is 42.7 Å². The van der Waals surface area contributed by atoms with E-state index in [9.17, 15) is 0 Å². The highest BCUT2D eigenvalue weighted by atomic mass is 79.9. The van der Waals surface area contributed by atoms with Gasteiger partial charge < -0.3 is 14.5 Å². The summed E-state index contributed by atoms with van der Waals surface area (Å²) in [5.74, 6) is 1.80. The van der Waals surface area contributed by atoms with Crippen LogP contribution in [0.15, 0.2) is 21.2 Å². The van der Waals surface area contributed by atoms with Crippen LogP contribution in [0.25, 0.3) is 0 Å². The molecule has 0 spiro atoms. The molecular formula is C11H16BrNO2. The molecule has 1 aliphatic rings. The predicted octanol–water partition coefficient (Wildman–Crippen LogP) is 2.56. The van der Waals surface area contributed by atoms with Crippen molar-refractivity contribution in [1.82, 2.24) is 5.32 Å². The van der Waals surface area contributed by atoms with Crippen LogP contribution in [0.1, 0.15) is 18.6 Å². The lowest BCUT2D eigenvalue weighted by Gasteiger charge is -2.03. The van der Waals surface area contributed by atoms with E-state index in [-0.39, 0.29) is 0 Å². The highest BCUT2D eigenvalue weighted by Crippen LogP contribution is 2.28. The van der Waals surface area contributed by atoms with Crippen molar-refractivity contribution in [2.75, 3.05) is 19.8 Å². The topological polar surface area (TPSA) is 34.4 Å². The molecule has 0 amide bonds. The Morgan fingerprint density at radius 1 is 1.47 bits per heavy atom. The fourth-order valence-electron chi connectivity index (χ4n) is 1.34. The molecule has 1 N–H and O–H groups in total. The maximum Gasteiger partial charge on any atom is 0.169 e. The number of hydrogen-bond acceptors (Lipinski definition) is 3. The Bertz CT molecular complexity index is 297. The van der Waals surface area contributed by atoms with Crippen LogP contribution in [0.3, 0.4) is 0 Å². The normalized spacial score (nSPS) is 15.8. The second-order valence-electron chi connectivity index (χ2n) is 3.90. The number of rotatable bonds is 7. The van der Waals surface area contributed by atoms with E-state index in [4.69, 9.17) is 9.15 Å². The molecule has 15 heavy (non-hydrogen) atoms. The Labute approximate surface area is 98.3 Å². The molecule has 1 heterocycles. The van der Waals surface area contributed by atoms with E-state index < -0.39 is 0 Å². The van der Waals surface area contributed by atoms with Crippen LogP contribution in [-0.2, 0) is 11.3 Å². The van der Waals surface area contributed by atoms with Crippen LogP contribution in [-0.4, -0.2) is 19.8 Å². The summed E-state index contributed by atoms with van der Waals surface area (Å²) < 4.78 is 11.6. The lowest BCUT2D eigenvalue weighted by atomic mass is 10.4. The second kappa shape index (κ2) is 5.68. The molecule has 0 saturated heterocycles. The van der Waals surface area contributed by atoms with Crippen LogP contribution >= 0.6 is 15.9 Å². The molecule has 4 heteroatoms. The van der Waals surface area contributed by atoms with Crippen LogP contribution in [0, 0.1) is 5.92 Å². The molecule has 0 radical (unpaired) electrons. The first-order chi connectivity index (χ1) is 7.34. The van der Waals surface area contributed by atoms with Crippen LogP contribution in [0.4, 0.5) is 0 Å². The molecule has 1 fully saturated rings. The van der Waals surface area contributed by atoms with Gasteiger partial charge in [-0.2, -0.15) is 0 Å². The van der Waals surface area contributed by atoms with Crippen LogP contribution in [0.2, 0.25) is 0 Å². The first-order valence-corrected chi connectivity index (χ1v) is 6.16. The fourth-order valence-corrected chi connectivity index (χ4v) is 1.68. The Morgan fingerprint density at radius 3 is 3.00 bits per heavy atom. The molecule has 1 aliphatic carbocycles. The standard InChI is InChI=1S/C11H16BrNO2/c12-11-4-3-10(15-11)7-13-5-6-14-8-9-1-2-9/h3-4,9,13H,1-2,5-8H2. The average molecular weight is 274 g/mol. The van der Waals surface area contributed by atoms with Crippen LogP contribution in [0.5, 0.6) is 0 Å². The maximum absolute atomic E-state index is 5.50. The van der Waals surface area contributed by atoms with Crippen molar-refractivity contribution < 1.29 is 9.15 Å². The zero-order chi connectivity index (χ0) is 10.5. The van der Waals surface area contributed by atoms with E-state index in [2.05, 4.69) is 21.2 Å². The Hall–Kier alpha value is -0.320. The summed E-state index contributed by atoms with van der Waals surface area (Å²) in [5.41, 5.74) is 0. The lowest BCUT2D eigenvalue weighted by molar-refractivity contribution is 0.125. The third-order valence-corrected chi connectivity index (χ3v) is 2.83. The van der Waals surface area contributed by atoms with Gasteiger partial charge in [0.15, 0.2) is 4.67 Å². The summed E-state index contributed by atoms with van der Waals surface area (Å²) in [6.07, 6.45) is 2.71. The number of furan rings is 1. The van der Waals surface area contributed by atoms with E-state index in [1.807, 2.05) is 12.1 Å². The molecule has 0 atom stereocenters. The van der Waals surface area contributed by atoms with Crippen LogP contribution < -0.4 is 5.32 Å². The molecule has 0 bridgehead atoms. The molecule has 1 saturated carbocycles. The van der Waals surface area contributed by atoms with E-state index in [1.54, 1.807) is 0 Å². The first-order valence-electron chi connectivity index (χ1n) is 5.37. The van der Waals surface area contributed by atoms with Gasteiger partial charge in [-0.25, -0.2) is 0 Å². The van der Waals surface area contributed by atoms with Crippen molar-refractivity contribution in [1.29, 1.82) is 0 Å². The first kappa shape index (κ1) is 11.2. The van der Waals surface area contributed by atoms with Gasteiger partial charge in [-0.05, 0) is 46.8 Å². The lowest BCUT2D eigenvalue weighted by Crippen LogP contribution is -2.19. The van der Waals surface area contributed by atoms with Crippen molar-refractivity contribution >= 4 is 15.9 Å². The van der Waals surface area contributed by atoms with Gasteiger partial charge in [0.1, 0.15) is 5.76 Å². The summed E-state index contributed by atoms with van der Waals surface area (Å²) in [6, 6.07) is 3.86. The molecule has 0 aromatic carbocycles. The van der Waals surface area contributed by atoms with Gasteiger partial charge in [-0.3, -0.25) is 0 Å². The highest BCUT2D eigenvalue weighted by Gasteiger charge is 2.20. The van der Waals surface area contributed by atoms with Gasteiger partial charge in [-0.15, -0.1) is 0 Å². The van der Waals surface area contributed by atoms with Gasteiger partial charge >= 0.3 is 0 Å². The summed E-state index contributed by atoms with van der Waals surface area (Å²) in [5, 5.41) is 3.27. The van der Waals surface area contributed by atoms with E-state index in [0.29, 0.717) is 0 Å². The monoisotopic (exact) mass is 273 g/mol. The van der Waals surface area contributed by atoms with E-state index >= 15 is 0 Å². The molecule has 0 aliphatic heterocycles. The average Bonchev–Trinajstić information content (AvgIpc) is 2.95. The molecule has 2 rings (SSSR count). The van der Waals surface area contributed by atoms with Crippen molar-refractivity contribution in [3.63, 3.8) is 0 Å². The summed E-state index contributed by atoms with van der Waals surface area (Å²) >= 11 is 3.27. The van der Waals surface area contributed by atoms with Gasteiger partial charge in [0.2, 0.25) is 0 Å². The maximum atomic E-state index is 5.50. The number of hydrogen-bond donors (Lipinski definition) is 1. The van der Waals surface area contributed by atoms with Gasteiger partial charge in [0, 0.05) is 13.2 Å². The predicted molar refractivity (Wildman–Crippen MR) is 61.7 cm³/mol. The minimum Gasteiger partial charge on any atom is -0.453 e. The number of ether oxygens (including phenoxy) is 1. The zero-order valence-corrected chi connectivity index (χ0v) is 10.3. The molecule has 1 aromatic heterocycles. The Morgan fingerprint density at radius 2 is 2.33 bits per heavy atom. The van der Waals surface area contributed by atoms with Crippen molar-refractivity contribution in [2.24, 2.45) is 5.92 Å². The molecule has 84 valence electrons. The molecular weight excluding hydrogens is 258 g/mol. The zero-order valence-electron chi connectivity index (χ0n) is 8.67. The second-order valence-corrected chi connectivity index (χ2v) is 4.68. The minimum absolute atomic E-state index is 0.762. The highest BCUT2D eigenvalue weighted by molar-refractivity contribution is 9.10. The Balaban J connectivity index is 1.47. The molecule has 3 nitrogen and oxygen atoms in total. The van der Waals surface area contributed by atoms with Gasteiger partial charge in [-0.1, -0.05) is 0 Å². The SMILES string of the molecule is Brc1ccc(CNCCOCC2CC2)o1. The quantitative estimate of drug-likeness (QED) is 0.776. The third-order valence-electron chi connectivity index (χ3n) is 2.40. The Kier molecular flexibility index (Phi) is 4.23. The largest absolute Gasteiger partial charge is 0.453 e. The smallest absolute Gasteiger partial charge is 0.169 e. The summed E-state index contributed by atoms with van der Waals surface area (Å²) in [7, 11) is 0. The van der Waals surface area contributed by atoms with Crippen molar-refractivity contribution in [2.45, 2.75) is 19.4 Å². The summed E-state index contributed by atoms with van der Waals surface area (Å²) in [4.78, 5) is 0. The number of nitrogens with one attached hydrogen (secondary N) is 1. The summed E-state index contributed by atoms with van der Waals surface area (Å²) in [6.45, 7) is 3.37. The number of halogens is 1. The van der Waals surface area contributed by atoms with Gasteiger partial charge in [0.05, 0.1) is 13.2 Å². The molecule has 1 aromatic rings. The third kappa shape index (κ3) is 4.36. The minimum atomic E-state index is 0.762.